The average Bonchev–Trinajstić information content (AvgIpc) is 2.68. The molecule has 4 nitrogen and oxygen atoms in total. The maximum absolute atomic E-state index is 12.3. The van der Waals surface area contributed by atoms with E-state index < -0.39 is 0 Å². The molecule has 0 atom stereocenters. The quantitative estimate of drug-likeness (QED) is 0.706. The van der Waals surface area contributed by atoms with Crippen LogP contribution in [0.5, 0.6) is 0 Å². The molecule has 2 aromatic carbocycles. The lowest BCUT2D eigenvalue weighted by Gasteiger charge is -2.22. The second-order valence-electron chi connectivity index (χ2n) is 6.22. The molecule has 0 unspecified atom stereocenters. The topological polar surface area (TPSA) is 45.2 Å². The van der Waals surface area contributed by atoms with Gasteiger partial charge >= 0.3 is 0 Å². The zero-order valence-corrected chi connectivity index (χ0v) is 15.1. The average molecular weight is 345 g/mol. The van der Waals surface area contributed by atoms with Crippen LogP contribution >= 0.6 is 0 Å². The number of pyridine rings is 1. The second-order valence-corrected chi connectivity index (χ2v) is 6.22. The predicted molar refractivity (Wildman–Crippen MR) is 107 cm³/mol. The molecule has 0 fully saturated rings. The fraction of sp³-hybridized carbons (Fsp3) is 0.182. The van der Waals surface area contributed by atoms with Crippen molar-refractivity contribution in [3.63, 3.8) is 0 Å². The van der Waals surface area contributed by atoms with Gasteiger partial charge in [-0.25, -0.2) is 4.98 Å². The van der Waals surface area contributed by atoms with Gasteiger partial charge in [0.2, 0.25) is 0 Å². The monoisotopic (exact) mass is 345 g/mol. The van der Waals surface area contributed by atoms with E-state index in [0.29, 0.717) is 11.3 Å². The van der Waals surface area contributed by atoms with Crippen LogP contribution in [0.1, 0.15) is 28.4 Å². The molecular formula is C22H23N3O. The molecule has 3 rings (SSSR count). The second kappa shape index (κ2) is 8.30. The van der Waals surface area contributed by atoms with Crippen molar-refractivity contribution in [2.75, 3.05) is 16.8 Å². The number of anilines is 2. The number of nitrogens with zero attached hydrogens (tertiary/aromatic N) is 2. The van der Waals surface area contributed by atoms with Gasteiger partial charge in [0.15, 0.2) is 0 Å². The highest BCUT2D eigenvalue weighted by atomic mass is 16.1. The molecule has 0 bridgehead atoms. The molecule has 0 radical (unpaired) electrons. The molecule has 1 amide bonds. The SMILES string of the molecule is CCN(Cc1ccccc1)c1ccc(NC(=O)c2ccc(C)cc2)cn1. The number of hydrogen-bond donors (Lipinski definition) is 1. The van der Waals surface area contributed by atoms with Gasteiger partial charge in [0.05, 0.1) is 11.9 Å². The van der Waals surface area contributed by atoms with Crippen LogP contribution in [0.25, 0.3) is 0 Å². The van der Waals surface area contributed by atoms with Crippen LogP contribution in [-0.2, 0) is 6.54 Å². The van der Waals surface area contributed by atoms with Crippen molar-refractivity contribution in [2.24, 2.45) is 0 Å². The van der Waals surface area contributed by atoms with Crippen LogP contribution in [0.4, 0.5) is 11.5 Å². The lowest BCUT2D eigenvalue weighted by Crippen LogP contribution is -2.23. The Labute approximate surface area is 154 Å². The largest absolute Gasteiger partial charge is 0.353 e. The Hall–Kier alpha value is -3.14. The van der Waals surface area contributed by atoms with E-state index >= 15 is 0 Å². The number of carbonyl (C=O) groups excluding carboxylic acids is 1. The fourth-order valence-electron chi connectivity index (χ4n) is 2.71. The van der Waals surface area contributed by atoms with E-state index in [2.05, 4.69) is 34.3 Å². The molecule has 0 saturated heterocycles. The number of benzene rings is 2. The van der Waals surface area contributed by atoms with E-state index in [9.17, 15) is 4.79 Å². The van der Waals surface area contributed by atoms with Gasteiger partial charge in [-0.2, -0.15) is 0 Å². The van der Waals surface area contributed by atoms with Gasteiger partial charge < -0.3 is 10.2 Å². The number of amides is 1. The maximum atomic E-state index is 12.3. The molecule has 1 aromatic heterocycles. The van der Waals surface area contributed by atoms with E-state index in [1.165, 1.54) is 5.56 Å². The Bertz CT molecular complexity index is 843. The predicted octanol–water partition coefficient (Wildman–Crippen LogP) is 4.67. The molecule has 0 aliphatic rings. The minimum atomic E-state index is -0.129. The summed E-state index contributed by atoms with van der Waals surface area (Å²) in [6.07, 6.45) is 1.70. The van der Waals surface area contributed by atoms with Gasteiger partial charge in [-0.15, -0.1) is 0 Å². The Balaban J connectivity index is 1.67. The zero-order valence-electron chi connectivity index (χ0n) is 15.1. The third-order valence-corrected chi connectivity index (χ3v) is 4.24. The summed E-state index contributed by atoms with van der Waals surface area (Å²) >= 11 is 0. The molecule has 26 heavy (non-hydrogen) atoms. The van der Waals surface area contributed by atoms with E-state index in [1.54, 1.807) is 6.20 Å². The first kappa shape index (κ1) is 17.7. The summed E-state index contributed by atoms with van der Waals surface area (Å²) in [4.78, 5) is 19.0. The van der Waals surface area contributed by atoms with Gasteiger partial charge in [-0.05, 0) is 43.7 Å². The molecule has 0 aliphatic carbocycles. The van der Waals surface area contributed by atoms with Crippen molar-refractivity contribution in [1.82, 2.24) is 4.98 Å². The van der Waals surface area contributed by atoms with Crippen LogP contribution in [0.2, 0.25) is 0 Å². The van der Waals surface area contributed by atoms with E-state index in [-0.39, 0.29) is 5.91 Å². The number of aryl methyl sites for hydroxylation is 1. The lowest BCUT2D eigenvalue weighted by molar-refractivity contribution is 0.102. The first-order valence-electron chi connectivity index (χ1n) is 8.78. The highest BCUT2D eigenvalue weighted by Gasteiger charge is 2.09. The summed E-state index contributed by atoms with van der Waals surface area (Å²) in [5.74, 6) is 0.765. The Kier molecular flexibility index (Phi) is 5.64. The summed E-state index contributed by atoms with van der Waals surface area (Å²) in [6, 6.07) is 21.7. The Morgan fingerprint density at radius 3 is 2.35 bits per heavy atom. The minimum absolute atomic E-state index is 0.129. The van der Waals surface area contributed by atoms with Crippen LogP contribution in [0.15, 0.2) is 72.9 Å². The number of carbonyl (C=O) groups is 1. The highest BCUT2D eigenvalue weighted by Crippen LogP contribution is 2.17. The Morgan fingerprint density at radius 1 is 1.00 bits per heavy atom. The van der Waals surface area contributed by atoms with Gasteiger partial charge in [0, 0.05) is 18.7 Å². The molecule has 0 saturated carbocycles. The van der Waals surface area contributed by atoms with Crippen molar-refractivity contribution in [1.29, 1.82) is 0 Å². The molecule has 1 heterocycles. The normalized spacial score (nSPS) is 10.4. The summed E-state index contributed by atoms with van der Waals surface area (Å²) in [5, 5.41) is 2.89. The molecule has 4 heteroatoms. The van der Waals surface area contributed by atoms with Crippen molar-refractivity contribution >= 4 is 17.4 Å². The van der Waals surface area contributed by atoms with Gasteiger partial charge in [-0.1, -0.05) is 48.0 Å². The lowest BCUT2D eigenvalue weighted by atomic mass is 10.1. The third kappa shape index (κ3) is 4.48. The molecule has 1 N–H and O–H groups in total. The number of rotatable bonds is 6. The first-order valence-corrected chi connectivity index (χ1v) is 8.78. The fourth-order valence-corrected chi connectivity index (χ4v) is 2.71. The summed E-state index contributed by atoms with van der Waals surface area (Å²) in [6.45, 7) is 5.77. The standard InChI is InChI=1S/C22H23N3O/c1-3-25(16-18-7-5-4-6-8-18)21-14-13-20(15-23-21)24-22(26)19-11-9-17(2)10-12-19/h4-15H,3,16H2,1-2H3,(H,24,26). The highest BCUT2D eigenvalue weighted by molar-refractivity contribution is 6.04. The Morgan fingerprint density at radius 2 is 1.73 bits per heavy atom. The number of nitrogens with one attached hydrogen (secondary N) is 1. The van der Waals surface area contributed by atoms with Gasteiger partial charge in [-0.3, -0.25) is 4.79 Å². The minimum Gasteiger partial charge on any atom is -0.353 e. The summed E-state index contributed by atoms with van der Waals surface area (Å²) in [5.41, 5.74) is 3.70. The molecule has 0 aliphatic heterocycles. The molecule has 0 spiro atoms. The van der Waals surface area contributed by atoms with Crippen LogP contribution in [0, 0.1) is 6.92 Å². The smallest absolute Gasteiger partial charge is 0.255 e. The van der Waals surface area contributed by atoms with Gasteiger partial charge in [0.1, 0.15) is 5.82 Å². The van der Waals surface area contributed by atoms with Crippen molar-refractivity contribution < 1.29 is 4.79 Å². The van der Waals surface area contributed by atoms with Gasteiger partial charge in [0.25, 0.3) is 5.91 Å². The first-order chi connectivity index (χ1) is 12.7. The molecular weight excluding hydrogens is 322 g/mol. The maximum Gasteiger partial charge on any atom is 0.255 e. The zero-order chi connectivity index (χ0) is 18.4. The molecule has 132 valence electrons. The number of aromatic nitrogens is 1. The third-order valence-electron chi connectivity index (χ3n) is 4.24. The van der Waals surface area contributed by atoms with Crippen molar-refractivity contribution in [3.05, 3.63) is 89.6 Å². The van der Waals surface area contributed by atoms with Crippen molar-refractivity contribution in [2.45, 2.75) is 20.4 Å². The molecule has 3 aromatic rings. The summed E-state index contributed by atoms with van der Waals surface area (Å²) in [7, 11) is 0. The van der Waals surface area contributed by atoms with E-state index in [4.69, 9.17) is 0 Å². The number of hydrogen-bond acceptors (Lipinski definition) is 3. The van der Waals surface area contributed by atoms with Crippen LogP contribution in [-0.4, -0.2) is 17.4 Å². The van der Waals surface area contributed by atoms with Crippen LogP contribution in [0.3, 0.4) is 0 Å². The van der Waals surface area contributed by atoms with E-state index in [1.807, 2.05) is 61.5 Å². The van der Waals surface area contributed by atoms with Crippen LogP contribution < -0.4 is 10.2 Å². The summed E-state index contributed by atoms with van der Waals surface area (Å²) < 4.78 is 0. The van der Waals surface area contributed by atoms with Crippen molar-refractivity contribution in [3.8, 4) is 0 Å². The van der Waals surface area contributed by atoms with E-state index in [0.717, 1.165) is 24.5 Å².